The lowest BCUT2D eigenvalue weighted by molar-refractivity contribution is 0.448. The van der Waals surface area contributed by atoms with E-state index in [0.29, 0.717) is 18.8 Å². The Morgan fingerprint density at radius 2 is 1.77 bits per heavy atom. The number of anilines is 1. The molecule has 2 N–H and O–H groups in total. The molecule has 2 atom stereocenters. The van der Waals surface area contributed by atoms with E-state index >= 15 is 0 Å². The van der Waals surface area contributed by atoms with E-state index < -0.39 is 11.6 Å². The van der Waals surface area contributed by atoms with Gasteiger partial charge in [-0.15, -0.1) is 0 Å². The summed E-state index contributed by atoms with van der Waals surface area (Å²) in [6, 6.07) is 12.1. The first-order valence-electron chi connectivity index (χ1n) is 7.55. The minimum Gasteiger partial charge on any atom is -0.367 e. The smallest absolute Gasteiger partial charge is 0.149 e. The normalized spacial score (nSPS) is 21.9. The van der Waals surface area contributed by atoms with Gasteiger partial charge in [-0.05, 0) is 31.0 Å². The summed E-state index contributed by atoms with van der Waals surface area (Å²) in [4.78, 5) is 1.92. The van der Waals surface area contributed by atoms with Crippen molar-refractivity contribution in [1.29, 1.82) is 0 Å². The molecule has 0 aromatic heterocycles. The lowest BCUT2D eigenvalue weighted by Crippen LogP contribution is -2.46. The first-order valence-corrected chi connectivity index (χ1v) is 7.55. The highest BCUT2D eigenvalue weighted by atomic mass is 19.1. The van der Waals surface area contributed by atoms with Gasteiger partial charge in [-0.25, -0.2) is 8.78 Å². The van der Waals surface area contributed by atoms with E-state index in [4.69, 9.17) is 5.73 Å². The maximum Gasteiger partial charge on any atom is 0.149 e. The van der Waals surface area contributed by atoms with Crippen molar-refractivity contribution >= 4 is 5.69 Å². The first kappa shape index (κ1) is 15.0. The van der Waals surface area contributed by atoms with E-state index in [2.05, 4.69) is 31.2 Å². The van der Waals surface area contributed by atoms with Crippen molar-refractivity contribution in [3.63, 3.8) is 0 Å². The molecule has 22 heavy (non-hydrogen) atoms. The van der Waals surface area contributed by atoms with Crippen LogP contribution in [0.5, 0.6) is 0 Å². The van der Waals surface area contributed by atoms with Crippen LogP contribution in [-0.4, -0.2) is 19.1 Å². The highest BCUT2D eigenvalue weighted by Crippen LogP contribution is 2.31. The van der Waals surface area contributed by atoms with E-state index in [-0.39, 0.29) is 12.0 Å². The standard InChI is InChI=1S/C18H20F2N2/c1-12-2-4-13(5-3-12)14-8-16(21)11-22(10-14)18-7-6-15(19)9-17(18)20/h2-7,9,14,16H,8,10-11,21H2,1H3. The van der Waals surface area contributed by atoms with E-state index in [9.17, 15) is 8.78 Å². The fourth-order valence-electron chi connectivity index (χ4n) is 3.15. The van der Waals surface area contributed by atoms with Crippen LogP contribution in [0, 0.1) is 18.6 Å². The van der Waals surface area contributed by atoms with Gasteiger partial charge in [-0.2, -0.15) is 0 Å². The van der Waals surface area contributed by atoms with Crippen molar-refractivity contribution in [3.8, 4) is 0 Å². The number of halogens is 2. The van der Waals surface area contributed by atoms with Gasteiger partial charge >= 0.3 is 0 Å². The summed E-state index contributed by atoms with van der Waals surface area (Å²) in [6.45, 7) is 3.33. The average Bonchev–Trinajstić information content (AvgIpc) is 2.47. The van der Waals surface area contributed by atoms with Gasteiger partial charge in [0.25, 0.3) is 0 Å². The van der Waals surface area contributed by atoms with Crippen LogP contribution < -0.4 is 10.6 Å². The van der Waals surface area contributed by atoms with Gasteiger partial charge < -0.3 is 10.6 Å². The molecule has 1 saturated heterocycles. The summed E-state index contributed by atoms with van der Waals surface area (Å²) in [6.07, 6.45) is 0.877. The van der Waals surface area contributed by atoms with E-state index in [1.54, 1.807) is 0 Å². The third-order valence-corrected chi connectivity index (χ3v) is 4.28. The molecule has 0 spiro atoms. The van der Waals surface area contributed by atoms with E-state index in [0.717, 1.165) is 12.5 Å². The Hall–Kier alpha value is -1.94. The number of benzene rings is 2. The van der Waals surface area contributed by atoms with Gasteiger partial charge in [-0.3, -0.25) is 0 Å². The molecule has 2 nitrogen and oxygen atoms in total. The molecule has 2 unspecified atom stereocenters. The molecule has 2 aromatic carbocycles. The predicted molar refractivity (Wildman–Crippen MR) is 85.1 cm³/mol. The monoisotopic (exact) mass is 302 g/mol. The summed E-state index contributed by atoms with van der Waals surface area (Å²) in [7, 11) is 0. The van der Waals surface area contributed by atoms with Crippen molar-refractivity contribution in [2.24, 2.45) is 5.73 Å². The highest BCUT2D eigenvalue weighted by Gasteiger charge is 2.27. The number of hydrogen-bond acceptors (Lipinski definition) is 2. The molecule has 4 heteroatoms. The Labute approximate surface area is 129 Å². The molecule has 0 bridgehead atoms. The molecular weight excluding hydrogens is 282 g/mol. The molecule has 1 heterocycles. The zero-order valence-corrected chi connectivity index (χ0v) is 12.6. The molecule has 1 aliphatic heterocycles. The molecule has 0 aliphatic carbocycles. The summed E-state index contributed by atoms with van der Waals surface area (Å²) in [5, 5.41) is 0. The van der Waals surface area contributed by atoms with Crippen molar-refractivity contribution in [2.75, 3.05) is 18.0 Å². The number of nitrogens with zero attached hydrogens (tertiary/aromatic N) is 1. The summed E-state index contributed by atoms with van der Waals surface area (Å²) >= 11 is 0. The third-order valence-electron chi connectivity index (χ3n) is 4.28. The van der Waals surface area contributed by atoms with Gasteiger partial charge in [0.1, 0.15) is 11.6 Å². The molecule has 2 aromatic rings. The van der Waals surface area contributed by atoms with E-state index in [1.165, 1.54) is 23.3 Å². The second kappa shape index (κ2) is 6.05. The molecule has 1 aliphatic rings. The van der Waals surface area contributed by atoms with Crippen LogP contribution in [0.3, 0.4) is 0 Å². The van der Waals surface area contributed by atoms with Crippen molar-refractivity contribution in [3.05, 3.63) is 65.2 Å². The maximum absolute atomic E-state index is 14.0. The molecule has 1 fully saturated rings. The van der Waals surface area contributed by atoms with Crippen LogP contribution >= 0.6 is 0 Å². The molecule has 116 valence electrons. The zero-order valence-electron chi connectivity index (χ0n) is 12.6. The summed E-state index contributed by atoms with van der Waals surface area (Å²) in [5.41, 5.74) is 9.02. The van der Waals surface area contributed by atoms with Crippen LogP contribution in [0.25, 0.3) is 0 Å². The van der Waals surface area contributed by atoms with Crippen molar-refractivity contribution < 1.29 is 8.78 Å². The molecule has 3 rings (SSSR count). The van der Waals surface area contributed by atoms with Crippen LogP contribution in [-0.2, 0) is 0 Å². The van der Waals surface area contributed by atoms with Crippen LogP contribution in [0.2, 0.25) is 0 Å². The zero-order chi connectivity index (χ0) is 15.7. The molecule has 0 saturated carbocycles. The van der Waals surface area contributed by atoms with Gasteiger partial charge in [0.15, 0.2) is 0 Å². The Morgan fingerprint density at radius 1 is 1.05 bits per heavy atom. The third kappa shape index (κ3) is 3.12. The fraction of sp³-hybridized carbons (Fsp3) is 0.333. The minimum atomic E-state index is -0.558. The average molecular weight is 302 g/mol. The number of aryl methyl sites for hydroxylation is 1. The summed E-state index contributed by atoms with van der Waals surface area (Å²) in [5.74, 6) is -0.830. The van der Waals surface area contributed by atoms with Crippen LogP contribution in [0.1, 0.15) is 23.5 Å². The van der Waals surface area contributed by atoms with Crippen molar-refractivity contribution in [1.82, 2.24) is 0 Å². The minimum absolute atomic E-state index is 0.0236. The Kier molecular flexibility index (Phi) is 4.12. The quantitative estimate of drug-likeness (QED) is 0.918. The van der Waals surface area contributed by atoms with Gasteiger partial charge in [0.2, 0.25) is 0 Å². The fourth-order valence-corrected chi connectivity index (χ4v) is 3.15. The number of nitrogens with two attached hydrogens (primary N) is 1. The number of rotatable bonds is 2. The highest BCUT2D eigenvalue weighted by molar-refractivity contribution is 5.49. The van der Waals surface area contributed by atoms with Crippen LogP contribution in [0.15, 0.2) is 42.5 Å². The number of hydrogen-bond donors (Lipinski definition) is 1. The topological polar surface area (TPSA) is 29.3 Å². The van der Waals surface area contributed by atoms with Gasteiger partial charge in [0, 0.05) is 31.1 Å². The Morgan fingerprint density at radius 3 is 2.45 bits per heavy atom. The Bertz CT molecular complexity index is 655. The van der Waals surface area contributed by atoms with Crippen LogP contribution in [0.4, 0.5) is 14.5 Å². The second-order valence-corrected chi connectivity index (χ2v) is 6.10. The largest absolute Gasteiger partial charge is 0.367 e. The molecular formula is C18H20F2N2. The SMILES string of the molecule is Cc1ccc(C2CC(N)CN(c3ccc(F)cc3F)C2)cc1. The van der Waals surface area contributed by atoms with E-state index in [1.807, 2.05) is 4.90 Å². The summed E-state index contributed by atoms with van der Waals surface area (Å²) < 4.78 is 27.1. The predicted octanol–water partition coefficient (Wildman–Crippen LogP) is 3.59. The maximum atomic E-state index is 14.0. The molecule has 0 radical (unpaired) electrons. The first-order chi connectivity index (χ1) is 10.5. The van der Waals surface area contributed by atoms with Crippen molar-refractivity contribution in [2.45, 2.75) is 25.3 Å². The van der Waals surface area contributed by atoms with Gasteiger partial charge in [0.05, 0.1) is 5.69 Å². The molecule has 0 amide bonds. The van der Waals surface area contributed by atoms with Gasteiger partial charge in [-0.1, -0.05) is 29.8 Å². The number of piperidine rings is 1. The second-order valence-electron chi connectivity index (χ2n) is 6.10. The lowest BCUT2D eigenvalue weighted by atomic mass is 9.87. The lowest BCUT2D eigenvalue weighted by Gasteiger charge is -2.38. The Balaban J connectivity index is 1.85.